The first-order valence-electron chi connectivity index (χ1n) is 6.16. The summed E-state index contributed by atoms with van der Waals surface area (Å²) in [5, 5.41) is 8.96. The minimum atomic E-state index is -0.894. The third kappa shape index (κ3) is 4.34. The second kappa shape index (κ2) is 6.59. The van der Waals surface area contributed by atoms with E-state index in [2.05, 4.69) is 0 Å². The second-order valence-electron chi connectivity index (χ2n) is 4.61. The fourth-order valence-corrected chi connectivity index (χ4v) is 2.01. The standard InChI is InChI=1S/C12H21NO4/c1-9(2)17-8-4-6-11(14)13-7-3-5-10(13)12(15)16/h9-10H,3-8H2,1-2H3,(H,15,16)/t10-/m1/s1. The Morgan fingerprint density at radius 3 is 2.76 bits per heavy atom. The van der Waals surface area contributed by atoms with Gasteiger partial charge in [0.25, 0.3) is 0 Å². The molecule has 1 N–H and O–H groups in total. The van der Waals surface area contributed by atoms with E-state index in [1.807, 2.05) is 13.8 Å². The first kappa shape index (κ1) is 14.0. The molecule has 0 radical (unpaired) electrons. The predicted octanol–water partition coefficient (Wildman–Crippen LogP) is 1.27. The lowest BCUT2D eigenvalue weighted by Crippen LogP contribution is -2.40. The molecule has 5 nitrogen and oxygen atoms in total. The fraction of sp³-hybridized carbons (Fsp3) is 0.833. The number of aliphatic carboxylic acids is 1. The van der Waals surface area contributed by atoms with E-state index in [0.29, 0.717) is 32.4 Å². The van der Waals surface area contributed by atoms with Gasteiger partial charge in [0.2, 0.25) is 5.91 Å². The molecule has 1 aliphatic rings. The van der Waals surface area contributed by atoms with Gasteiger partial charge in [-0.25, -0.2) is 4.79 Å². The van der Waals surface area contributed by atoms with Crippen molar-refractivity contribution in [3.8, 4) is 0 Å². The predicted molar refractivity (Wildman–Crippen MR) is 62.7 cm³/mol. The van der Waals surface area contributed by atoms with Crippen molar-refractivity contribution in [3.63, 3.8) is 0 Å². The van der Waals surface area contributed by atoms with E-state index in [9.17, 15) is 9.59 Å². The van der Waals surface area contributed by atoms with Crippen LogP contribution in [0.1, 0.15) is 39.5 Å². The zero-order chi connectivity index (χ0) is 12.8. The fourth-order valence-electron chi connectivity index (χ4n) is 2.01. The van der Waals surface area contributed by atoms with Gasteiger partial charge in [-0.15, -0.1) is 0 Å². The maximum Gasteiger partial charge on any atom is 0.326 e. The lowest BCUT2D eigenvalue weighted by atomic mass is 10.2. The summed E-state index contributed by atoms with van der Waals surface area (Å²) in [6.07, 6.45) is 2.55. The Balaban J connectivity index is 2.29. The molecule has 1 fully saturated rings. The van der Waals surface area contributed by atoms with Crippen LogP contribution in [-0.4, -0.2) is 47.2 Å². The van der Waals surface area contributed by atoms with Crippen molar-refractivity contribution in [1.29, 1.82) is 0 Å². The monoisotopic (exact) mass is 243 g/mol. The van der Waals surface area contributed by atoms with Crippen LogP contribution in [0.3, 0.4) is 0 Å². The molecule has 1 heterocycles. The van der Waals surface area contributed by atoms with Crippen LogP contribution in [0.25, 0.3) is 0 Å². The second-order valence-corrected chi connectivity index (χ2v) is 4.61. The van der Waals surface area contributed by atoms with Crippen molar-refractivity contribution in [1.82, 2.24) is 4.90 Å². The molecule has 0 aliphatic carbocycles. The van der Waals surface area contributed by atoms with E-state index in [0.717, 1.165) is 6.42 Å². The Morgan fingerprint density at radius 2 is 2.18 bits per heavy atom. The minimum absolute atomic E-state index is 0.0674. The molecule has 98 valence electrons. The van der Waals surface area contributed by atoms with Gasteiger partial charge in [0.05, 0.1) is 6.10 Å². The molecule has 1 rings (SSSR count). The maximum absolute atomic E-state index is 11.8. The lowest BCUT2D eigenvalue weighted by molar-refractivity contribution is -0.148. The van der Waals surface area contributed by atoms with Crippen molar-refractivity contribution in [2.75, 3.05) is 13.2 Å². The van der Waals surface area contributed by atoms with Gasteiger partial charge < -0.3 is 14.7 Å². The number of hydrogen-bond acceptors (Lipinski definition) is 3. The number of likely N-dealkylation sites (tertiary alicyclic amines) is 1. The molecule has 1 amide bonds. The van der Waals surface area contributed by atoms with Crippen molar-refractivity contribution in [3.05, 3.63) is 0 Å². The summed E-state index contributed by atoms with van der Waals surface area (Å²) < 4.78 is 5.34. The molecule has 1 atom stereocenters. The van der Waals surface area contributed by atoms with Crippen LogP contribution in [0.2, 0.25) is 0 Å². The summed E-state index contributed by atoms with van der Waals surface area (Å²) in [6, 6.07) is -0.617. The Bertz CT molecular complexity index is 278. The quantitative estimate of drug-likeness (QED) is 0.713. The summed E-state index contributed by atoms with van der Waals surface area (Å²) in [7, 11) is 0. The van der Waals surface area contributed by atoms with Crippen LogP contribution in [0.5, 0.6) is 0 Å². The molecule has 5 heteroatoms. The molecule has 0 unspecified atom stereocenters. The number of carbonyl (C=O) groups is 2. The zero-order valence-electron chi connectivity index (χ0n) is 10.5. The van der Waals surface area contributed by atoms with Crippen LogP contribution < -0.4 is 0 Å². The average Bonchev–Trinajstić information content (AvgIpc) is 2.72. The lowest BCUT2D eigenvalue weighted by Gasteiger charge is -2.21. The van der Waals surface area contributed by atoms with E-state index in [-0.39, 0.29) is 12.0 Å². The highest BCUT2D eigenvalue weighted by Gasteiger charge is 2.33. The van der Waals surface area contributed by atoms with Gasteiger partial charge >= 0.3 is 5.97 Å². The van der Waals surface area contributed by atoms with Crippen molar-refractivity contribution < 1.29 is 19.4 Å². The number of ether oxygens (including phenoxy) is 1. The molecular formula is C12H21NO4. The van der Waals surface area contributed by atoms with Gasteiger partial charge in [0, 0.05) is 19.6 Å². The Kier molecular flexibility index (Phi) is 5.41. The molecule has 17 heavy (non-hydrogen) atoms. The van der Waals surface area contributed by atoms with Crippen LogP contribution in [-0.2, 0) is 14.3 Å². The highest BCUT2D eigenvalue weighted by molar-refractivity contribution is 5.84. The van der Waals surface area contributed by atoms with Gasteiger partial charge in [-0.1, -0.05) is 0 Å². The highest BCUT2D eigenvalue weighted by Crippen LogP contribution is 2.18. The third-order valence-corrected chi connectivity index (χ3v) is 2.84. The number of hydrogen-bond donors (Lipinski definition) is 1. The molecule has 0 saturated carbocycles. The normalized spacial score (nSPS) is 19.9. The number of rotatable bonds is 6. The molecule has 0 aromatic rings. The third-order valence-electron chi connectivity index (χ3n) is 2.84. The van der Waals surface area contributed by atoms with Crippen molar-refractivity contribution in [2.24, 2.45) is 0 Å². The van der Waals surface area contributed by atoms with Crippen LogP contribution in [0, 0.1) is 0 Å². The summed E-state index contributed by atoms with van der Waals surface area (Å²) in [6.45, 7) is 5.02. The van der Waals surface area contributed by atoms with E-state index in [1.165, 1.54) is 4.90 Å². The largest absolute Gasteiger partial charge is 0.480 e. The van der Waals surface area contributed by atoms with E-state index in [1.54, 1.807) is 0 Å². The molecule has 1 saturated heterocycles. The maximum atomic E-state index is 11.8. The zero-order valence-corrected chi connectivity index (χ0v) is 10.5. The SMILES string of the molecule is CC(C)OCCCC(=O)N1CCC[C@@H]1C(=O)O. The first-order valence-corrected chi connectivity index (χ1v) is 6.16. The Morgan fingerprint density at radius 1 is 1.47 bits per heavy atom. The molecule has 0 aromatic carbocycles. The summed E-state index contributed by atoms with van der Waals surface area (Å²) in [5.74, 6) is -0.962. The van der Waals surface area contributed by atoms with Crippen molar-refractivity contribution >= 4 is 11.9 Å². The summed E-state index contributed by atoms with van der Waals surface area (Å²) in [5.41, 5.74) is 0. The van der Waals surface area contributed by atoms with Crippen LogP contribution >= 0.6 is 0 Å². The number of carboxylic acid groups (broad SMARTS) is 1. The number of carbonyl (C=O) groups excluding carboxylic acids is 1. The van der Waals surface area contributed by atoms with Crippen LogP contribution in [0.4, 0.5) is 0 Å². The van der Waals surface area contributed by atoms with Gasteiger partial charge in [0.15, 0.2) is 0 Å². The van der Waals surface area contributed by atoms with Gasteiger partial charge in [-0.2, -0.15) is 0 Å². The topological polar surface area (TPSA) is 66.8 Å². The van der Waals surface area contributed by atoms with Gasteiger partial charge in [-0.3, -0.25) is 4.79 Å². The smallest absolute Gasteiger partial charge is 0.326 e. The number of nitrogens with zero attached hydrogens (tertiary/aromatic N) is 1. The highest BCUT2D eigenvalue weighted by atomic mass is 16.5. The van der Waals surface area contributed by atoms with E-state index in [4.69, 9.17) is 9.84 Å². The summed E-state index contributed by atoms with van der Waals surface area (Å²) >= 11 is 0. The number of carboxylic acids is 1. The molecule has 1 aliphatic heterocycles. The van der Waals surface area contributed by atoms with Crippen LogP contribution in [0.15, 0.2) is 0 Å². The number of amides is 1. The van der Waals surface area contributed by atoms with E-state index < -0.39 is 12.0 Å². The molecule has 0 aromatic heterocycles. The summed E-state index contributed by atoms with van der Waals surface area (Å²) in [4.78, 5) is 24.2. The molecule has 0 bridgehead atoms. The molecule has 0 spiro atoms. The van der Waals surface area contributed by atoms with Gasteiger partial charge in [0.1, 0.15) is 6.04 Å². The van der Waals surface area contributed by atoms with Crippen molar-refractivity contribution in [2.45, 2.75) is 51.7 Å². The minimum Gasteiger partial charge on any atom is -0.480 e. The Labute approximate surface area is 102 Å². The van der Waals surface area contributed by atoms with Gasteiger partial charge in [-0.05, 0) is 33.1 Å². The molecular weight excluding hydrogens is 222 g/mol. The average molecular weight is 243 g/mol. The first-order chi connectivity index (χ1) is 8.02. The Hall–Kier alpha value is -1.10. The van der Waals surface area contributed by atoms with E-state index >= 15 is 0 Å².